The van der Waals surface area contributed by atoms with Crippen LogP contribution in [0.5, 0.6) is 0 Å². The number of nitrogens with one attached hydrogen (secondary N) is 1. The van der Waals surface area contributed by atoms with Crippen LogP contribution in [-0.4, -0.2) is 32.1 Å². The highest BCUT2D eigenvalue weighted by Crippen LogP contribution is 2.24. The molecular weight excluding hydrogens is 353 g/mol. The van der Waals surface area contributed by atoms with Crippen LogP contribution in [0.15, 0.2) is 46.1 Å². The topological polar surface area (TPSA) is 96.5 Å². The quantitative estimate of drug-likeness (QED) is 0.625. The van der Waals surface area contributed by atoms with Crippen LogP contribution in [0, 0.1) is 12.7 Å². The number of fused-ring (bicyclic) bond motifs is 1. The van der Waals surface area contributed by atoms with Crippen molar-refractivity contribution in [2.24, 2.45) is 7.05 Å². The molecule has 7 nitrogen and oxygen atoms in total. The number of aliphatic hydroxyl groups excluding tert-OH is 2. The summed E-state index contributed by atoms with van der Waals surface area (Å²) >= 11 is 0. The van der Waals surface area contributed by atoms with E-state index >= 15 is 0 Å². The number of hydrogen-bond acceptors (Lipinski definition) is 5. The standard InChI is InChI=1S/C19H20FN3O4/c1-11-3-4-14(13(20)7-11)21-15-8-17(26)22(2)16-5-6-23(9-12(25)10-24)19(27)18(15)16/h3-8,12,21,24-25H,9-10H2,1-2H3/t12-/m0/s1. The molecule has 27 heavy (non-hydrogen) atoms. The van der Waals surface area contributed by atoms with Crippen molar-refractivity contribution >= 4 is 22.3 Å². The Labute approximate surface area is 153 Å². The molecule has 2 heterocycles. The van der Waals surface area contributed by atoms with Gasteiger partial charge in [-0.2, -0.15) is 0 Å². The fourth-order valence-corrected chi connectivity index (χ4v) is 2.90. The number of halogens is 1. The average Bonchev–Trinajstić information content (AvgIpc) is 2.63. The Morgan fingerprint density at radius 2 is 1.93 bits per heavy atom. The molecule has 0 amide bonds. The number of aliphatic hydroxyl groups is 2. The maximum absolute atomic E-state index is 14.2. The molecule has 3 rings (SSSR count). The molecule has 0 radical (unpaired) electrons. The Morgan fingerprint density at radius 3 is 2.59 bits per heavy atom. The summed E-state index contributed by atoms with van der Waals surface area (Å²) in [6.45, 7) is 1.16. The smallest absolute Gasteiger partial charge is 0.262 e. The van der Waals surface area contributed by atoms with Crippen LogP contribution in [-0.2, 0) is 13.6 Å². The van der Waals surface area contributed by atoms with Gasteiger partial charge >= 0.3 is 0 Å². The minimum atomic E-state index is -1.10. The number of aromatic nitrogens is 2. The molecule has 0 aliphatic rings. The third-order valence-electron chi connectivity index (χ3n) is 4.38. The highest BCUT2D eigenvalue weighted by Gasteiger charge is 2.15. The lowest BCUT2D eigenvalue weighted by molar-refractivity contribution is 0.0805. The van der Waals surface area contributed by atoms with Gasteiger partial charge in [0.2, 0.25) is 0 Å². The van der Waals surface area contributed by atoms with Gasteiger partial charge in [-0.05, 0) is 30.7 Å². The van der Waals surface area contributed by atoms with Crippen molar-refractivity contribution in [3.63, 3.8) is 0 Å². The molecule has 0 spiro atoms. The number of rotatable bonds is 5. The fourth-order valence-electron chi connectivity index (χ4n) is 2.90. The molecule has 3 N–H and O–H groups in total. The van der Waals surface area contributed by atoms with E-state index in [0.717, 1.165) is 5.56 Å². The van der Waals surface area contributed by atoms with E-state index in [1.807, 2.05) is 0 Å². The lowest BCUT2D eigenvalue weighted by atomic mass is 10.1. The van der Waals surface area contributed by atoms with Crippen molar-refractivity contribution in [3.05, 3.63) is 68.6 Å². The van der Waals surface area contributed by atoms with Crippen LogP contribution in [0.3, 0.4) is 0 Å². The second-order valence-corrected chi connectivity index (χ2v) is 6.43. The van der Waals surface area contributed by atoms with Gasteiger partial charge < -0.3 is 24.7 Å². The van der Waals surface area contributed by atoms with E-state index in [9.17, 15) is 19.1 Å². The second-order valence-electron chi connectivity index (χ2n) is 6.43. The number of pyridine rings is 2. The van der Waals surface area contributed by atoms with Gasteiger partial charge in [0.1, 0.15) is 5.82 Å². The van der Waals surface area contributed by atoms with Gasteiger partial charge in [-0.15, -0.1) is 0 Å². The molecule has 0 saturated carbocycles. The maximum atomic E-state index is 14.2. The number of anilines is 2. The highest BCUT2D eigenvalue weighted by atomic mass is 19.1. The minimum Gasteiger partial charge on any atom is -0.394 e. The van der Waals surface area contributed by atoms with Crippen LogP contribution in [0.2, 0.25) is 0 Å². The molecule has 2 aromatic heterocycles. The van der Waals surface area contributed by atoms with E-state index in [1.165, 1.54) is 40.6 Å². The summed E-state index contributed by atoms with van der Waals surface area (Å²) in [5, 5.41) is 21.7. The van der Waals surface area contributed by atoms with Crippen molar-refractivity contribution < 1.29 is 14.6 Å². The van der Waals surface area contributed by atoms with Crippen LogP contribution < -0.4 is 16.4 Å². The number of aryl methyl sites for hydroxylation is 2. The SMILES string of the molecule is Cc1ccc(Nc2cc(=O)n(C)c3ccn(C[C@H](O)CO)c(=O)c23)c(F)c1. The molecule has 1 aromatic carbocycles. The third kappa shape index (κ3) is 3.62. The first-order chi connectivity index (χ1) is 12.8. The Bertz CT molecular complexity index is 1120. The first-order valence-corrected chi connectivity index (χ1v) is 8.37. The first kappa shape index (κ1) is 18.8. The van der Waals surface area contributed by atoms with Gasteiger partial charge in [0.25, 0.3) is 11.1 Å². The monoisotopic (exact) mass is 373 g/mol. The summed E-state index contributed by atoms with van der Waals surface area (Å²) in [5.41, 5.74) is 0.606. The average molecular weight is 373 g/mol. The van der Waals surface area contributed by atoms with Crippen molar-refractivity contribution in [2.75, 3.05) is 11.9 Å². The predicted molar refractivity (Wildman–Crippen MR) is 101 cm³/mol. The van der Waals surface area contributed by atoms with E-state index in [0.29, 0.717) is 5.52 Å². The summed E-state index contributed by atoms with van der Waals surface area (Å²) in [4.78, 5) is 25.2. The largest absolute Gasteiger partial charge is 0.394 e. The lowest BCUT2D eigenvalue weighted by Gasteiger charge is -2.15. The van der Waals surface area contributed by atoms with Crippen LogP contribution >= 0.6 is 0 Å². The van der Waals surface area contributed by atoms with Gasteiger partial charge in [-0.1, -0.05) is 6.07 Å². The summed E-state index contributed by atoms with van der Waals surface area (Å²) in [5.74, 6) is -0.504. The fraction of sp³-hybridized carbons (Fsp3) is 0.263. The van der Waals surface area contributed by atoms with Crippen molar-refractivity contribution in [1.82, 2.24) is 9.13 Å². The Morgan fingerprint density at radius 1 is 1.19 bits per heavy atom. The zero-order valence-corrected chi connectivity index (χ0v) is 14.9. The summed E-state index contributed by atoms with van der Waals surface area (Å²) < 4.78 is 16.8. The van der Waals surface area contributed by atoms with Gasteiger partial charge in [0.15, 0.2) is 0 Å². The number of hydrogen-bond donors (Lipinski definition) is 3. The van der Waals surface area contributed by atoms with E-state index in [1.54, 1.807) is 19.1 Å². The van der Waals surface area contributed by atoms with Gasteiger partial charge in [-0.3, -0.25) is 9.59 Å². The van der Waals surface area contributed by atoms with Gasteiger partial charge in [0.05, 0.1) is 41.5 Å². The molecule has 8 heteroatoms. The van der Waals surface area contributed by atoms with Crippen LogP contribution in [0.4, 0.5) is 15.8 Å². The van der Waals surface area contributed by atoms with Gasteiger partial charge in [-0.25, -0.2) is 4.39 Å². The molecule has 1 atom stereocenters. The molecule has 0 bridgehead atoms. The molecule has 3 aromatic rings. The molecule has 0 unspecified atom stereocenters. The van der Waals surface area contributed by atoms with Crippen molar-refractivity contribution in [3.8, 4) is 0 Å². The highest BCUT2D eigenvalue weighted by molar-refractivity contribution is 5.92. The number of benzene rings is 1. The van der Waals surface area contributed by atoms with Crippen molar-refractivity contribution in [2.45, 2.75) is 19.6 Å². The van der Waals surface area contributed by atoms with E-state index in [2.05, 4.69) is 5.32 Å². The molecular formula is C19H20FN3O4. The van der Waals surface area contributed by atoms with E-state index in [-0.39, 0.29) is 28.9 Å². The molecule has 0 saturated heterocycles. The zero-order chi connectivity index (χ0) is 19.7. The summed E-state index contributed by atoms with van der Waals surface area (Å²) in [6.07, 6.45) is 0.345. The number of nitrogens with zero attached hydrogens (tertiary/aromatic N) is 2. The van der Waals surface area contributed by atoms with E-state index in [4.69, 9.17) is 5.11 Å². The first-order valence-electron chi connectivity index (χ1n) is 8.37. The minimum absolute atomic E-state index is 0.105. The maximum Gasteiger partial charge on any atom is 0.262 e. The third-order valence-corrected chi connectivity index (χ3v) is 4.38. The normalized spacial score (nSPS) is 12.3. The Balaban J connectivity index is 2.21. The Hall–Kier alpha value is -2.97. The lowest BCUT2D eigenvalue weighted by Crippen LogP contribution is -2.30. The van der Waals surface area contributed by atoms with E-state index < -0.39 is 24.1 Å². The molecule has 142 valence electrons. The van der Waals surface area contributed by atoms with Crippen LogP contribution in [0.25, 0.3) is 10.9 Å². The summed E-state index contributed by atoms with van der Waals surface area (Å²) in [6, 6.07) is 7.39. The Kier molecular flexibility index (Phi) is 5.11. The second kappa shape index (κ2) is 7.34. The zero-order valence-electron chi connectivity index (χ0n) is 14.9. The summed E-state index contributed by atoms with van der Waals surface area (Å²) in [7, 11) is 1.53. The molecule has 0 fully saturated rings. The predicted octanol–water partition coefficient (Wildman–Crippen LogP) is 1.24. The van der Waals surface area contributed by atoms with Gasteiger partial charge in [0, 0.05) is 19.3 Å². The molecule has 0 aliphatic heterocycles. The van der Waals surface area contributed by atoms with Crippen LogP contribution in [0.1, 0.15) is 5.56 Å². The molecule has 0 aliphatic carbocycles. The van der Waals surface area contributed by atoms with Crippen molar-refractivity contribution in [1.29, 1.82) is 0 Å².